The highest BCUT2D eigenvalue weighted by Gasteiger charge is 2.23. The van der Waals surface area contributed by atoms with E-state index in [0.29, 0.717) is 10.8 Å². The summed E-state index contributed by atoms with van der Waals surface area (Å²) in [4.78, 5) is 24.1. The van der Waals surface area contributed by atoms with Gasteiger partial charge in [-0.1, -0.05) is 25.4 Å². The van der Waals surface area contributed by atoms with Gasteiger partial charge in [0.25, 0.3) is 5.91 Å². The van der Waals surface area contributed by atoms with Gasteiger partial charge in [0.15, 0.2) is 5.76 Å². The minimum Gasteiger partial charge on any atom is -0.485 e. The SMILES string of the molecule is CCOC(=O)[C@H](CS)NC(=O)c1ccc(COc2cc(C)c(Cl)cc2C(C)C)o1. The summed E-state index contributed by atoms with van der Waals surface area (Å²) in [5.74, 6) is 0.588. The summed E-state index contributed by atoms with van der Waals surface area (Å²) < 4.78 is 16.4. The third-order valence-corrected chi connectivity index (χ3v) is 5.00. The molecule has 29 heavy (non-hydrogen) atoms. The summed E-state index contributed by atoms with van der Waals surface area (Å²) in [6.07, 6.45) is 0. The first-order chi connectivity index (χ1) is 13.8. The summed E-state index contributed by atoms with van der Waals surface area (Å²) in [6.45, 7) is 8.11. The number of halogens is 1. The van der Waals surface area contributed by atoms with Crippen molar-refractivity contribution in [1.82, 2.24) is 5.32 Å². The van der Waals surface area contributed by atoms with Gasteiger partial charge >= 0.3 is 5.97 Å². The fraction of sp³-hybridized carbons (Fsp3) is 0.429. The van der Waals surface area contributed by atoms with Crippen LogP contribution in [-0.4, -0.2) is 30.3 Å². The van der Waals surface area contributed by atoms with Crippen LogP contribution < -0.4 is 10.1 Å². The van der Waals surface area contributed by atoms with Gasteiger partial charge in [0.05, 0.1) is 6.61 Å². The average molecular weight is 440 g/mol. The van der Waals surface area contributed by atoms with Crippen LogP contribution in [0.1, 0.15) is 54.1 Å². The van der Waals surface area contributed by atoms with Crippen LogP contribution in [0.5, 0.6) is 5.75 Å². The highest BCUT2D eigenvalue weighted by atomic mass is 35.5. The van der Waals surface area contributed by atoms with Gasteiger partial charge in [0, 0.05) is 10.8 Å². The smallest absolute Gasteiger partial charge is 0.329 e. The van der Waals surface area contributed by atoms with Gasteiger partial charge in [0.1, 0.15) is 24.2 Å². The van der Waals surface area contributed by atoms with Crippen LogP contribution in [0, 0.1) is 6.92 Å². The Morgan fingerprint density at radius 2 is 2.00 bits per heavy atom. The average Bonchev–Trinajstić information content (AvgIpc) is 3.15. The molecule has 158 valence electrons. The van der Waals surface area contributed by atoms with E-state index in [9.17, 15) is 9.59 Å². The zero-order valence-corrected chi connectivity index (χ0v) is 18.6. The zero-order chi connectivity index (χ0) is 21.6. The molecule has 0 radical (unpaired) electrons. The molecule has 8 heteroatoms. The molecule has 0 spiro atoms. The van der Waals surface area contributed by atoms with Crippen molar-refractivity contribution in [2.75, 3.05) is 12.4 Å². The lowest BCUT2D eigenvalue weighted by Crippen LogP contribution is -2.43. The first kappa shape index (κ1) is 23.2. The van der Waals surface area contributed by atoms with Crippen LogP contribution in [0.25, 0.3) is 0 Å². The van der Waals surface area contributed by atoms with E-state index in [0.717, 1.165) is 16.9 Å². The van der Waals surface area contributed by atoms with Crippen molar-refractivity contribution in [1.29, 1.82) is 0 Å². The molecule has 0 aliphatic rings. The summed E-state index contributed by atoms with van der Waals surface area (Å²) in [7, 11) is 0. The highest BCUT2D eigenvalue weighted by Crippen LogP contribution is 2.32. The van der Waals surface area contributed by atoms with Crippen molar-refractivity contribution in [3.63, 3.8) is 0 Å². The summed E-state index contributed by atoms with van der Waals surface area (Å²) in [5, 5.41) is 3.25. The molecule has 0 bridgehead atoms. The number of carbonyl (C=O) groups excluding carboxylic acids is 2. The first-order valence-electron chi connectivity index (χ1n) is 9.36. The van der Waals surface area contributed by atoms with E-state index in [1.165, 1.54) is 6.07 Å². The van der Waals surface area contributed by atoms with Crippen molar-refractivity contribution < 1.29 is 23.5 Å². The third kappa shape index (κ3) is 6.18. The van der Waals surface area contributed by atoms with Crippen LogP contribution in [0.15, 0.2) is 28.7 Å². The maximum Gasteiger partial charge on any atom is 0.329 e. The van der Waals surface area contributed by atoms with Crippen LogP contribution in [0.4, 0.5) is 0 Å². The molecular formula is C21H26ClNO5S. The van der Waals surface area contributed by atoms with Gasteiger partial charge < -0.3 is 19.2 Å². The molecule has 1 heterocycles. The van der Waals surface area contributed by atoms with Crippen molar-refractivity contribution in [3.05, 3.63) is 51.9 Å². The molecule has 1 amide bonds. The van der Waals surface area contributed by atoms with Crippen molar-refractivity contribution in [2.24, 2.45) is 0 Å². The Bertz CT molecular complexity index is 865. The number of furan rings is 1. The Morgan fingerprint density at radius 1 is 1.28 bits per heavy atom. The largest absolute Gasteiger partial charge is 0.485 e. The molecule has 0 saturated carbocycles. The second-order valence-corrected chi connectivity index (χ2v) is 7.58. The number of esters is 1. The molecule has 0 aliphatic heterocycles. The second kappa shape index (κ2) is 10.6. The molecule has 0 aliphatic carbocycles. The standard InChI is InChI=1S/C21H26ClNO5S/c1-5-26-21(25)17(11-29)23-20(24)18-7-6-14(28-18)10-27-19-8-13(4)16(22)9-15(19)12(2)3/h6-9,12,17,29H,5,10-11H2,1-4H3,(H,23,24)/t17-/m0/s1. The summed E-state index contributed by atoms with van der Waals surface area (Å²) in [6, 6.07) is 6.15. The lowest BCUT2D eigenvalue weighted by molar-refractivity contribution is -0.144. The Hall–Kier alpha value is -2.12. The van der Waals surface area contributed by atoms with Crippen LogP contribution in [0.2, 0.25) is 5.02 Å². The van der Waals surface area contributed by atoms with Crippen molar-refractivity contribution in [3.8, 4) is 5.75 Å². The van der Waals surface area contributed by atoms with Gasteiger partial charge in [-0.15, -0.1) is 0 Å². The number of hydrogen-bond donors (Lipinski definition) is 2. The molecule has 0 fully saturated rings. The molecule has 1 N–H and O–H groups in total. The third-order valence-electron chi connectivity index (χ3n) is 4.23. The normalized spacial score (nSPS) is 12.0. The van der Waals surface area contributed by atoms with Crippen molar-refractivity contribution in [2.45, 2.75) is 46.3 Å². The fourth-order valence-corrected chi connectivity index (χ4v) is 3.04. The minimum atomic E-state index is -0.846. The van der Waals surface area contributed by atoms with Gasteiger partial charge in [-0.3, -0.25) is 4.79 Å². The van der Waals surface area contributed by atoms with E-state index in [4.69, 9.17) is 25.5 Å². The van der Waals surface area contributed by atoms with Gasteiger partial charge in [-0.05, 0) is 55.2 Å². The molecule has 1 aromatic carbocycles. The van der Waals surface area contributed by atoms with Crippen LogP contribution in [0.3, 0.4) is 0 Å². The molecule has 0 unspecified atom stereocenters. The predicted molar refractivity (Wildman–Crippen MR) is 115 cm³/mol. The molecular weight excluding hydrogens is 414 g/mol. The number of amides is 1. The first-order valence-corrected chi connectivity index (χ1v) is 10.4. The quantitative estimate of drug-likeness (QED) is 0.443. The second-order valence-electron chi connectivity index (χ2n) is 6.81. The lowest BCUT2D eigenvalue weighted by atomic mass is 10.0. The Morgan fingerprint density at radius 3 is 2.62 bits per heavy atom. The van der Waals surface area contributed by atoms with E-state index in [1.54, 1.807) is 13.0 Å². The van der Waals surface area contributed by atoms with E-state index >= 15 is 0 Å². The van der Waals surface area contributed by atoms with Crippen molar-refractivity contribution >= 4 is 36.1 Å². The maximum atomic E-state index is 12.3. The van der Waals surface area contributed by atoms with Gasteiger partial charge in [-0.2, -0.15) is 12.6 Å². The number of benzene rings is 1. The minimum absolute atomic E-state index is 0.0797. The number of nitrogens with one attached hydrogen (secondary N) is 1. The van der Waals surface area contributed by atoms with Crippen LogP contribution in [-0.2, 0) is 16.1 Å². The summed E-state index contributed by atoms with van der Waals surface area (Å²) >= 11 is 10.3. The Balaban J connectivity index is 2.05. The van der Waals surface area contributed by atoms with E-state index in [1.807, 2.05) is 19.1 Å². The van der Waals surface area contributed by atoms with Gasteiger partial charge in [-0.25, -0.2) is 4.79 Å². The Kier molecular flexibility index (Phi) is 8.46. The number of aryl methyl sites for hydroxylation is 1. The number of carbonyl (C=O) groups is 2. The van der Waals surface area contributed by atoms with E-state index < -0.39 is 17.9 Å². The number of hydrogen-bond acceptors (Lipinski definition) is 6. The van der Waals surface area contributed by atoms with Crippen LogP contribution >= 0.6 is 24.2 Å². The van der Waals surface area contributed by atoms with Gasteiger partial charge in [0.2, 0.25) is 0 Å². The maximum absolute atomic E-state index is 12.3. The van der Waals surface area contributed by atoms with E-state index in [-0.39, 0.29) is 30.6 Å². The molecule has 2 aromatic rings. The molecule has 1 aromatic heterocycles. The number of thiol groups is 1. The molecule has 2 rings (SSSR count). The topological polar surface area (TPSA) is 77.8 Å². The zero-order valence-electron chi connectivity index (χ0n) is 17.0. The predicted octanol–water partition coefficient (Wildman–Crippen LogP) is 4.54. The molecule has 6 nitrogen and oxygen atoms in total. The monoisotopic (exact) mass is 439 g/mol. The highest BCUT2D eigenvalue weighted by molar-refractivity contribution is 7.80. The molecule has 0 saturated heterocycles. The number of rotatable bonds is 9. The fourth-order valence-electron chi connectivity index (χ4n) is 2.62. The Labute approximate surface area is 181 Å². The number of ether oxygens (including phenoxy) is 2. The molecule has 1 atom stereocenters. The van der Waals surface area contributed by atoms with E-state index in [2.05, 4.69) is 31.8 Å². The lowest BCUT2D eigenvalue weighted by Gasteiger charge is -2.15. The summed E-state index contributed by atoms with van der Waals surface area (Å²) in [5.41, 5.74) is 1.92.